The van der Waals surface area contributed by atoms with Gasteiger partial charge in [0.25, 0.3) is 0 Å². The molecule has 1 saturated heterocycles. The van der Waals surface area contributed by atoms with Crippen LogP contribution >= 0.6 is 0 Å². The topological polar surface area (TPSA) is 48.5 Å². The molecule has 1 aromatic carbocycles. The Hall–Kier alpha value is -2.40. The molecule has 5 heteroatoms. The van der Waals surface area contributed by atoms with Crippen molar-refractivity contribution in [1.29, 1.82) is 0 Å². The fraction of sp³-hybridized carbons (Fsp3) is 0.368. The number of aryl methyl sites for hydroxylation is 2. The average molecular weight is 324 g/mol. The number of nitrogens with one attached hydrogen (secondary N) is 1. The predicted molar refractivity (Wildman–Crippen MR) is 96.0 cm³/mol. The Bertz CT molecular complexity index is 694. The number of hydrogen-bond acceptors (Lipinski definition) is 3. The molecular formula is C19H24N4O. The molecule has 2 amide bonds. The van der Waals surface area contributed by atoms with Gasteiger partial charge in [0.1, 0.15) is 0 Å². The SMILES string of the molecule is Cc1ccc(NC(=O)N2CCN(Cc3cccnc3)CC2)c(C)c1. The maximum atomic E-state index is 12.5. The van der Waals surface area contributed by atoms with E-state index in [1.807, 2.05) is 36.2 Å². The minimum atomic E-state index is -0.0111. The smallest absolute Gasteiger partial charge is 0.321 e. The lowest BCUT2D eigenvalue weighted by Gasteiger charge is -2.34. The molecule has 0 atom stereocenters. The van der Waals surface area contributed by atoms with Gasteiger partial charge in [0.05, 0.1) is 0 Å². The lowest BCUT2D eigenvalue weighted by atomic mass is 10.1. The number of piperazine rings is 1. The molecule has 0 unspecified atom stereocenters. The molecule has 2 aromatic rings. The molecule has 1 N–H and O–H groups in total. The lowest BCUT2D eigenvalue weighted by Crippen LogP contribution is -2.49. The van der Waals surface area contributed by atoms with Crippen LogP contribution in [0, 0.1) is 13.8 Å². The van der Waals surface area contributed by atoms with Crippen molar-refractivity contribution < 1.29 is 4.79 Å². The molecule has 0 bridgehead atoms. The van der Waals surface area contributed by atoms with Crippen LogP contribution in [0.5, 0.6) is 0 Å². The highest BCUT2D eigenvalue weighted by molar-refractivity contribution is 5.90. The fourth-order valence-electron chi connectivity index (χ4n) is 3.01. The number of benzene rings is 1. The van der Waals surface area contributed by atoms with E-state index in [9.17, 15) is 4.79 Å². The summed E-state index contributed by atoms with van der Waals surface area (Å²) in [5.74, 6) is 0. The summed E-state index contributed by atoms with van der Waals surface area (Å²) in [5.41, 5.74) is 4.40. The van der Waals surface area contributed by atoms with E-state index in [1.54, 1.807) is 6.20 Å². The van der Waals surface area contributed by atoms with Crippen molar-refractivity contribution in [3.8, 4) is 0 Å². The third-order valence-electron chi connectivity index (χ3n) is 4.41. The van der Waals surface area contributed by atoms with Gasteiger partial charge in [-0.1, -0.05) is 23.8 Å². The molecule has 1 fully saturated rings. The summed E-state index contributed by atoms with van der Waals surface area (Å²) >= 11 is 0. The van der Waals surface area contributed by atoms with Crippen LogP contribution in [0.2, 0.25) is 0 Å². The standard InChI is InChI=1S/C19H24N4O/c1-15-5-6-18(16(2)12-15)21-19(24)23-10-8-22(9-11-23)14-17-4-3-7-20-13-17/h3-7,12-13H,8-11,14H2,1-2H3,(H,21,24). The van der Waals surface area contributed by atoms with Crippen molar-refractivity contribution in [2.24, 2.45) is 0 Å². The second-order valence-corrected chi connectivity index (χ2v) is 6.37. The molecule has 0 aliphatic carbocycles. The van der Waals surface area contributed by atoms with Crippen LogP contribution in [0.3, 0.4) is 0 Å². The highest BCUT2D eigenvalue weighted by Gasteiger charge is 2.21. The zero-order valence-corrected chi connectivity index (χ0v) is 14.3. The predicted octanol–water partition coefficient (Wildman–Crippen LogP) is 3.05. The number of pyridine rings is 1. The van der Waals surface area contributed by atoms with Gasteiger partial charge in [-0.3, -0.25) is 9.88 Å². The van der Waals surface area contributed by atoms with E-state index in [1.165, 1.54) is 11.1 Å². The Kier molecular flexibility index (Phi) is 5.11. The van der Waals surface area contributed by atoms with E-state index < -0.39 is 0 Å². The summed E-state index contributed by atoms with van der Waals surface area (Å²) in [7, 11) is 0. The Labute approximate surface area is 143 Å². The molecule has 24 heavy (non-hydrogen) atoms. The largest absolute Gasteiger partial charge is 0.322 e. The highest BCUT2D eigenvalue weighted by atomic mass is 16.2. The molecule has 0 saturated carbocycles. The highest BCUT2D eigenvalue weighted by Crippen LogP contribution is 2.17. The first-order valence-corrected chi connectivity index (χ1v) is 8.36. The van der Waals surface area contributed by atoms with Crippen LogP contribution in [0.25, 0.3) is 0 Å². The summed E-state index contributed by atoms with van der Waals surface area (Å²) in [4.78, 5) is 20.9. The monoisotopic (exact) mass is 324 g/mol. The molecule has 1 aliphatic rings. The Balaban J connectivity index is 1.51. The first kappa shape index (κ1) is 16.5. The van der Waals surface area contributed by atoms with Crippen molar-refractivity contribution in [3.05, 3.63) is 59.4 Å². The van der Waals surface area contributed by atoms with Crippen molar-refractivity contribution >= 4 is 11.7 Å². The first-order valence-electron chi connectivity index (χ1n) is 8.36. The zero-order chi connectivity index (χ0) is 16.9. The number of rotatable bonds is 3. The van der Waals surface area contributed by atoms with Gasteiger partial charge in [-0.2, -0.15) is 0 Å². The van der Waals surface area contributed by atoms with E-state index in [2.05, 4.69) is 34.3 Å². The summed E-state index contributed by atoms with van der Waals surface area (Å²) in [6, 6.07) is 10.1. The van der Waals surface area contributed by atoms with Gasteiger partial charge in [-0.05, 0) is 37.1 Å². The molecule has 5 nitrogen and oxygen atoms in total. The summed E-state index contributed by atoms with van der Waals surface area (Å²) in [6.07, 6.45) is 3.69. The molecule has 1 aromatic heterocycles. The summed E-state index contributed by atoms with van der Waals surface area (Å²) < 4.78 is 0. The number of anilines is 1. The Morgan fingerprint density at radius 3 is 2.62 bits per heavy atom. The van der Waals surface area contributed by atoms with E-state index in [0.717, 1.165) is 44.0 Å². The van der Waals surface area contributed by atoms with Crippen molar-refractivity contribution in [2.45, 2.75) is 20.4 Å². The molecular weight excluding hydrogens is 300 g/mol. The van der Waals surface area contributed by atoms with Gasteiger partial charge in [-0.25, -0.2) is 4.79 Å². The molecule has 2 heterocycles. The van der Waals surface area contributed by atoms with Crippen molar-refractivity contribution in [2.75, 3.05) is 31.5 Å². The van der Waals surface area contributed by atoms with Crippen molar-refractivity contribution in [1.82, 2.24) is 14.8 Å². The molecule has 126 valence electrons. The van der Waals surface area contributed by atoms with Gasteiger partial charge < -0.3 is 10.2 Å². The van der Waals surface area contributed by atoms with Gasteiger partial charge >= 0.3 is 6.03 Å². The van der Waals surface area contributed by atoms with Gasteiger partial charge in [-0.15, -0.1) is 0 Å². The quantitative estimate of drug-likeness (QED) is 0.944. The number of carbonyl (C=O) groups is 1. The van der Waals surface area contributed by atoms with E-state index in [-0.39, 0.29) is 6.03 Å². The lowest BCUT2D eigenvalue weighted by molar-refractivity contribution is 0.143. The minimum absolute atomic E-state index is 0.0111. The summed E-state index contributed by atoms with van der Waals surface area (Å²) in [5, 5.41) is 3.03. The zero-order valence-electron chi connectivity index (χ0n) is 14.3. The van der Waals surface area contributed by atoms with Crippen LogP contribution in [-0.4, -0.2) is 47.0 Å². The minimum Gasteiger partial charge on any atom is -0.322 e. The van der Waals surface area contributed by atoms with Crippen LogP contribution < -0.4 is 5.32 Å². The van der Waals surface area contributed by atoms with Crippen molar-refractivity contribution in [3.63, 3.8) is 0 Å². The van der Waals surface area contributed by atoms with Crippen LogP contribution in [-0.2, 0) is 6.54 Å². The van der Waals surface area contributed by atoms with E-state index in [4.69, 9.17) is 0 Å². The molecule has 3 rings (SSSR count). The number of amides is 2. The summed E-state index contributed by atoms with van der Waals surface area (Å²) in [6.45, 7) is 8.23. The number of nitrogens with zero attached hydrogens (tertiary/aromatic N) is 3. The molecule has 1 aliphatic heterocycles. The van der Waals surface area contributed by atoms with Gasteiger partial charge in [0, 0.05) is 50.8 Å². The third kappa shape index (κ3) is 4.11. The first-order chi connectivity index (χ1) is 11.6. The Morgan fingerprint density at radius 1 is 1.17 bits per heavy atom. The Morgan fingerprint density at radius 2 is 1.96 bits per heavy atom. The second kappa shape index (κ2) is 7.45. The maximum absolute atomic E-state index is 12.5. The van der Waals surface area contributed by atoms with Gasteiger partial charge in [0.2, 0.25) is 0 Å². The maximum Gasteiger partial charge on any atom is 0.321 e. The fourth-order valence-corrected chi connectivity index (χ4v) is 3.01. The molecule has 0 spiro atoms. The van der Waals surface area contributed by atoms with E-state index >= 15 is 0 Å². The van der Waals surface area contributed by atoms with Crippen LogP contribution in [0.4, 0.5) is 10.5 Å². The third-order valence-corrected chi connectivity index (χ3v) is 4.41. The van der Waals surface area contributed by atoms with E-state index in [0.29, 0.717) is 0 Å². The van der Waals surface area contributed by atoms with Crippen LogP contribution in [0.15, 0.2) is 42.7 Å². The number of urea groups is 1. The normalized spacial score (nSPS) is 15.3. The number of hydrogen-bond donors (Lipinski definition) is 1. The average Bonchev–Trinajstić information content (AvgIpc) is 2.59. The molecule has 0 radical (unpaired) electrons. The van der Waals surface area contributed by atoms with Gasteiger partial charge in [0.15, 0.2) is 0 Å². The number of carbonyl (C=O) groups excluding carboxylic acids is 1. The van der Waals surface area contributed by atoms with Crippen LogP contribution in [0.1, 0.15) is 16.7 Å². The second-order valence-electron chi connectivity index (χ2n) is 6.37. The number of aromatic nitrogens is 1.